The molecule has 0 spiro atoms. The number of hydrogen-bond donors (Lipinski definition) is 1. The standard InChI is InChI=1S/C31H31F3N6O4/c1-31(2,3)44-30(43)39(4)11-10-26(41)35-15-20-16-36-29(37-17-20)21-7-5-6-19(12-21)18-40-27(42)9-8-25(38-40)22-13-23(32)28(34)24(33)14-22/h5-9,12-14,16-17H,10-11,15,18H2,1-4H3,(H,35,41). The molecule has 230 valence electrons. The van der Waals surface area contributed by atoms with Crippen molar-refractivity contribution in [3.63, 3.8) is 0 Å². The molecular weight excluding hydrogens is 577 g/mol. The number of aromatic nitrogens is 4. The Morgan fingerprint density at radius 2 is 1.64 bits per heavy atom. The maximum Gasteiger partial charge on any atom is 0.410 e. The van der Waals surface area contributed by atoms with Gasteiger partial charge in [-0.1, -0.05) is 18.2 Å². The first-order chi connectivity index (χ1) is 20.8. The van der Waals surface area contributed by atoms with E-state index in [1.54, 1.807) is 64.5 Å². The second-order valence-corrected chi connectivity index (χ2v) is 11.0. The molecule has 0 atom stereocenters. The van der Waals surface area contributed by atoms with E-state index >= 15 is 0 Å². The Morgan fingerprint density at radius 1 is 0.955 bits per heavy atom. The highest BCUT2D eigenvalue weighted by molar-refractivity contribution is 5.77. The highest BCUT2D eigenvalue weighted by Crippen LogP contribution is 2.22. The molecule has 0 aliphatic carbocycles. The molecule has 0 aliphatic rings. The van der Waals surface area contributed by atoms with Gasteiger partial charge < -0.3 is 15.0 Å². The maximum absolute atomic E-state index is 13.7. The fourth-order valence-electron chi connectivity index (χ4n) is 3.99. The van der Waals surface area contributed by atoms with E-state index in [4.69, 9.17) is 4.74 Å². The van der Waals surface area contributed by atoms with Gasteiger partial charge in [-0.15, -0.1) is 0 Å². The summed E-state index contributed by atoms with van der Waals surface area (Å²) in [5.74, 6) is -4.14. The molecule has 0 bridgehead atoms. The summed E-state index contributed by atoms with van der Waals surface area (Å²) in [6, 6.07) is 11.2. The summed E-state index contributed by atoms with van der Waals surface area (Å²) in [6.45, 7) is 5.74. The highest BCUT2D eigenvalue weighted by Gasteiger charge is 2.20. The van der Waals surface area contributed by atoms with Gasteiger partial charge >= 0.3 is 6.09 Å². The summed E-state index contributed by atoms with van der Waals surface area (Å²) < 4.78 is 47.2. The Hall–Kier alpha value is -5.07. The number of rotatable bonds is 9. The van der Waals surface area contributed by atoms with Crippen molar-refractivity contribution in [1.29, 1.82) is 0 Å². The molecule has 0 saturated heterocycles. The van der Waals surface area contributed by atoms with Gasteiger partial charge in [-0.3, -0.25) is 9.59 Å². The lowest BCUT2D eigenvalue weighted by molar-refractivity contribution is -0.121. The zero-order chi connectivity index (χ0) is 32.0. The molecule has 2 aromatic carbocycles. The molecule has 0 unspecified atom stereocenters. The van der Waals surface area contributed by atoms with Crippen LogP contribution in [0.3, 0.4) is 0 Å². The van der Waals surface area contributed by atoms with Gasteiger partial charge in [0.1, 0.15) is 5.60 Å². The zero-order valence-corrected chi connectivity index (χ0v) is 24.6. The van der Waals surface area contributed by atoms with Crippen LogP contribution in [0.25, 0.3) is 22.6 Å². The van der Waals surface area contributed by atoms with E-state index in [0.717, 1.165) is 16.8 Å². The Bertz CT molecular complexity index is 1700. The van der Waals surface area contributed by atoms with Gasteiger partial charge in [-0.25, -0.2) is 32.6 Å². The normalized spacial score (nSPS) is 11.2. The van der Waals surface area contributed by atoms with Crippen LogP contribution in [-0.4, -0.2) is 55.8 Å². The first-order valence-electron chi connectivity index (χ1n) is 13.6. The largest absolute Gasteiger partial charge is 0.444 e. The van der Waals surface area contributed by atoms with E-state index < -0.39 is 34.7 Å². The smallest absolute Gasteiger partial charge is 0.410 e. The lowest BCUT2D eigenvalue weighted by Gasteiger charge is -2.24. The number of nitrogens with zero attached hydrogens (tertiary/aromatic N) is 5. The number of benzene rings is 2. The third-order valence-electron chi connectivity index (χ3n) is 6.24. The van der Waals surface area contributed by atoms with Gasteiger partial charge in [0.05, 0.1) is 12.2 Å². The molecule has 4 rings (SSSR count). The van der Waals surface area contributed by atoms with Gasteiger partial charge in [0.25, 0.3) is 5.56 Å². The van der Waals surface area contributed by atoms with E-state index in [0.29, 0.717) is 22.5 Å². The molecule has 44 heavy (non-hydrogen) atoms. The lowest BCUT2D eigenvalue weighted by atomic mass is 10.1. The summed E-state index contributed by atoms with van der Waals surface area (Å²) in [4.78, 5) is 46.9. The second kappa shape index (κ2) is 13.5. The van der Waals surface area contributed by atoms with E-state index in [9.17, 15) is 27.6 Å². The van der Waals surface area contributed by atoms with Crippen molar-refractivity contribution < 1.29 is 27.5 Å². The Balaban J connectivity index is 1.37. The summed E-state index contributed by atoms with van der Waals surface area (Å²) in [5.41, 5.74) is 1.03. The van der Waals surface area contributed by atoms with Crippen LogP contribution in [0.4, 0.5) is 18.0 Å². The fraction of sp³-hybridized carbons (Fsp3) is 0.290. The van der Waals surface area contributed by atoms with Crippen LogP contribution in [0.5, 0.6) is 0 Å². The van der Waals surface area contributed by atoms with Gasteiger partial charge in [-0.2, -0.15) is 5.10 Å². The minimum atomic E-state index is -1.58. The van der Waals surface area contributed by atoms with Crippen LogP contribution in [0.15, 0.2) is 65.7 Å². The fourth-order valence-corrected chi connectivity index (χ4v) is 3.99. The molecule has 0 fully saturated rings. The van der Waals surface area contributed by atoms with Gasteiger partial charge in [0.2, 0.25) is 5.91 Å². The molecule has 4 aromatic rings. The molecule has 0 radical (unpaired) electrons. The number of carbonyl (C=O) groups is 2. The van der Waals surface area contributed by atoms with E-state index in [1.165, 1.54) is 17.0 Å². The SMILES string of the molecule is CN(CCC(=O)NCc1cnc(-c2cccc(Cn3nc(-c4cc(F)c(F)c(F)c4)ccc3=O)c2)nc1)C(=O)OC(C)(C)C. The number of halogens is 3. The maximum atomic E-state index is 13.7. The molecule has 2 amide bonds. The minimum absolute atomic E-state index is 0.0123. The van der Waals surface area contributed by atoms with Gasteiger partial charge in [0, 0.05) is 61.7 Å². The van der Waals surface area contributed by atoms with Crippen LogP contribution >= 0.6 is 0 Å². The van der Waals surface area contributed by atoms with Crippen molar-refractivity contribution in [2.24, 2.45) is 0 Å². The Morgan fingerprint density at radius 3 is 2.30 bits per heavy atom. The van der Waals surface area contributed by atoms with Gasteiger partial charge in [0.15, 0.2) is 23.3 Å². The Kier molecular flexibility index (Phi) is 9.77. The zero-order valence-electron chi connectivity index (χ0n) is 24.6. The molecule has 0 aliphatic heterocycles. The summed E-state index contributed by atoms with van der Waals surface area (Å²) >= 11 is 0. The van der Waals surface area contributed by atoms with E-state index in [-0.39, 0.29) is 43.2 Å². The summed E-state index contributed by atoms with van der Waals surface area (Å²) in [6.07, 6.45) is 2.76. The van der Waals surface area contributed by atoms with Crippen molar-refractivity contribution in [3.8, 4) is 22.6 Å². The van der Waals surface area contributed by atoms with E-state index in [2.05, 4.69) is 20.4 Å². The Labute approximate surface area is 251 Å². The molecule has 2 aromatic heterocycles. The van der Waals surface area contributed by atoms with E-state index in [1.807, 2.05) is 0 Å². The predicted molar refractivity (Wildman–Crippen MR) is 156 cm³/mol. The van der Waals surface area contributed by atoms with Crippen molar-refractivity contribution in [2.75, 3.05) is 13.6 Å². The van der Waals surface area contributed by atoms with Gasteiger partial charge in [-0.05, 0) is 50.6 Å². The minimum Gasteiger partial charge on any atom is -0.444 e. The first-order valence-corrected chi connectivity index (χ1v) is 13.6. The van der Waals surface area contributed by atoms with Crippen molar-refractivity contribution in [1.82, 2.24) is 30.0 Å². The number of nitrogens with one attached hydrogen (secondary N) is 1. The third-order valence-corrected chi connectivity index (χ3v) is 6.24. The molecule has 1 N–H and O–H groups in total. The quantitative estimate of drug-likeness (QED) is 0.274. The molecule has 2 heterocycles. The summed E-state index contributed by atoms with van der Waals surface area (Å²) in [5, 5.41) is 6.97. The number of amides is 2. The second-order valence-electron chi connectivity index (χ2n) is 11.0. The third kappa shape index (κ3) is 8.49. The van der Waals surface area contributed by atoms with Crippen LogP contribution in [-0.2, 0) is 22.6 Å². The average molecular weight is 609 g/mol. The van der Waals surface area contributed by atoms with Crippen LogP contribution < -0.4 is 10.9 Å². The lowest BCUT2D eigenvalue weighted by Crippen LogP contribution is -2.36. The van der Waals surface area contributed by atoms with Crippen LogP contribution in [0.2, 0.25) is 0 Å². The predicted octanol–water partition coefficient (Wildman–Crippen LogP) is 4.71. The summed E-state index contributed by atoms with van der Waals surface area (Å²) in [7, 11) is 1.56. The number of carbonyl (C=O) groups excluding carboxylic acids is 2. The highest BCUT2D eigenvalue weighted by atomic mass is 19.2. The molecular formula is C31H31F3N6O4. The molecule has 13 heteroatoms. The molecule has 0 saturated carbocycles. The molecule has 10 nitrogen and oxygen atoms in total. The van der Waals surface area contributed by atoms with Crippen molar-refractivity contribution in [3.05, 3.63) is 99.9 Å². The monoisotopic (exact) mass is 608 g/mol. The first kappa shape index (κ1) is 31.9. The van der Waals surface area contributed by atoms with Crippen LogP contribution in [0.1, 0.15) is 38.3 Å². The van der Waals surface area contributed by atoms with Crippen LogP contribution in [0, 0.1) is 17.5 Å². The number of ether oxygens (including phenoxy) is 1. The topological polar surface area (TPSA) is 119 Å². The number of hydrogen-bond acceptors (Lipinski definition) is 7. The van der Waals surface area contributed by atoms with Crippen molar-refractivity contribution in [2.45, 2.75) is 45.9 Å². The van der Waals surface area contributed by atoms with Crippen molar-refractivity contribution >= 4 is 12.0 Å². The average Bonchev–Trinajstić information content (AvgIpc) is 2.98.